The van der Waals surface area contributed by atoms with Crippen LogP contribution in [0.2, 0.25) is 0 Å². The molecular weight excluding hydrogens is 112 g/mol. The average Bonchev–Trinajstić information content (AvgIpc) is 1.27. The zero-order valence-electron chi connectivity index (χ0n) is 4.61. The van der Waals surface area contributed by atoms with Crippen LogP contribution in [-0.2, 0) is 0 Å². The maximum atomic E-state index is 5.48. The van der Waals surface area contributed by atoms with Gasteiger partial charge in [0, 0.05) is 0 Å². The average molecular weight is 123 g/mol. The number of nitrogens with two attached hydrogens (primary N) is 1. The van der Waals surface area contributed by atoms with Gasteiger partial charge in [-0.15, -0.1) is 11.6 Å². The van der Waals surface area contributed by atoms with Crippen molar-refractivity contribution in [3.8, 4) is 0 Å². The molecule has 0 aliphatic rings. The molecule has 0 aliphatic heterocycles. The summed E-state index contributed by atoms with van der Waals surface area (Å²) in [7, 11) is 0. The summed E-state index contributed by atoms with van der Waals surface area (Å²) in [4.78, 5) is 0. The minimum Gasteiger partial charge on any atom is -0.316 e. The molecule has 2 unspecified atom stereocenters. The number of nitrogens with one attached hydrogen (secondary N) is 1. The van der Waals surface area contributed by atoms with Crippen molar-refractivity contribution in [2.24, 2.45) is 5.73 Å². The molecule has 0 amide bonds. The Morgan fingerprint density at radius 2 is 2.00 bits per heavy atom. The van der Waals surface area contributed by atoms with Gasteiger partial charge in [-0.2, -0.15) is 0 Å². The van der Waals surface area contributed by atoms with Gasteiger partial charge in [0.2, 0.25) is 0 Å². The second-order valence-electron chi connectivity index (χ2n) is 1.57. The van der Waals surface area contributed by atoms with E-state index in [1.54, 1.807) is 0 Å². The molecule has 0 saturated heterocycles. The zero-order chi connectivity index (χ0) is 5.86. The SMILES string of the molecule is CC(N)NC(C)Cl. The number of hydrogen-bond acceptors (Lipinski definition) is 2. The number of hydrogen-bond donors (Lipinski definition) is 2. The predicted molar refractivity (Wildman–Crippen MR) is 32.1 cm³/mol. The molecule has 0 spiro atoms. The van der Waals surface area contributed by atoms with Crippen LogP contribution in [0.4, 0.5) is 0 Å². The maximum Gasteiger partial charge on any atom is 0.0808 e. The van der Waals surface area contributed by atoms with E-state index >= 15 is 0 Å². The molecule has 0 fully saturated rings. The van der Waals surface area contributed by atoms with Crippen molar-refractivity contribution in [3.05, 3.63) is 0 Å². The minimum atomic E-state index is -0.0278. The van der Waals surface area contributed by atoms with Gasteiger partial charge in [-0.1, -0.05) is 0 Å². The van der Waals surface area contributed by atoms with E-state index in [9.17, 15) is 0 Å². The predicted octanol–water partition coefficient (Wildman–Crippen LogP) is 0.465. The monoisotopic (exact) mass is 122 g/mol. The van der Waals surface area contributed by atoms with E-state index in [1.165, 1.54) is 0 Å². The van der Waals surface area contributed by atoms with Crippen molar-refractivity contribution in [2.45, 2.75) is 25.5 Å². The second kappa shape index (κ2) is 3.24. The summed E-state index contributed by atoms with van der Waals surface area (Å²) in [5, 5.41) is 2.85. The molecular formula is C4H11ClN2. The first-order valence-electron chi connectivity index (χ1n) is 2.28. The molecule has 44 valence electrons. The molecule has 2 atom stereocenters. The van der Waals surface area contributed by atoms with Crippen LogP contribution in [0, 0.1) is 0 Å². The van der Waals surface area contributed by atoms with Gasteiger partial charge < -0.3 is 5.73 Å². The normalized spacial score (nSPS) is 18.9. The Bertz CT molecular complexity index is 39.0. The third-order valence-electron chi connectivity index (χ3n) is 0.493. The third-order valence-corrected chi connectivity index (χ3v) is 0.619. The highest BCUT2D eigenvalue weighted by Gasteiger charge is 1.94. The lowest BCUT2D eigenvalue weighted by Crippen LogP contribution is -2.37. The molecule has 3 N–H and O–H groups in total. The van der Waals surface area contributed by atoms with Crippen molar-refractivity contribution in [3.63, 3.8) is 0 Å². The highest BCUT2D eigenvalue weighted by molar-refractivity contribution is 6.20. The summed E-state index contributed by atoms with van der Waals surface area (Å²) in [6.45, 7) is 3.68. The summed E-state index contributed by atoms with van der Waals surface area (Å²) >= 11 is 5.48. The fraction of sp³-hybridized carbons (Fsp3) is 1.00. The molecule has 0 aliphatic carbocycles. The Hall–Kier alpha value is 0.210. The van der Waals surface area contributed by atoms with Crippen LogP contribution in [0.3, 0.4) is 0 Å². The fourth-order valence-electron chi connectivity index (χ4n) is 0.362. The van der Waals surface area contributed by atoms with Crippen molar-refractivity contribution >= 4 is 11.6 Å². The lowest BCUT2D eigenvalue weighted by atomic mass is 10.6. The minimum absolute atomic E-state index is 0.00694. The van der Waals surface area contributed by atoms with E-state index < -0.39 is 0 Å². The van der Waals surface area contributed by atoms with Crippen LogP contribution in [0.25, 0.3) is 0 Å². The summed E-state index contributed by atoms with van der Waals surface area (Å²) in [5.74, 6) is 0. The molecule has 3 heteroatoms. The zero-order valence-corrected chi connectivity index (χ0v) is 5.37. The molecule has 7 heavy (non-hydrogen) atoms. The van der Waals surface area contributed by atoms with E-state index in [0.717, 1.165) is 0 Å². The van der Waals surface area contributed by atoms with E-state index in [2.05, 4.69) is 5.32 Å². The lowest BCUT2D eigenvalue weighted by Gasteiger charge is -2.08. The topological polar surface area (TPSA) is 38.0 Å². The summed E-state index contributed by atoms with van der Waals surface area (Å²) in [6.07, 6.45) is -0.00694. The van der Waals surface area contributed by atoms with Gasteiger partial charge in [0.25, 0.3) is 0 Å². The molecule has 0 saturated carbocycles. The van der Waals surface area contributed by atoms with Crippen LogP contribution in [0.5, 0.6) is 0 Å². The Morgan fingerprint density at radius 3 is 2.00 bits per heavy atom. The summed E-state index contributed by atoms with van der Waals surface area (Å²) in [6, 6.07) is 0. The molecule has 0 aromatic heterocycles. The Morgan fingerprint density at radius 1 is 1.57 bits per heavy atom. The van der Waals surface area contributed by atoms with Crippen LogP contribution >= 0.6 is 11.6 Å². The Labute approximate surface area is 49.0 Å². The Balaban J connectivity index is 2.95. The summed E-state index contributed by atoms with van der Waals surface area (Å²) in [5.41, 5.74) is 5.27. The molecule has 2 nitrogen and oxygen atoms in total. The summed E-state index contributed by atoms with van der Waals surface area (Å²) < 4.78 is 0. The van der Waals surface area contributed by atoms with Gasteiger partial charge in [-0.3, -0.25) is 5.32 Å². The third kappa shape index (κ3) is 6.21. The quantitative estimate of drug-likeness (QED) is 0.317. The van der Waals surface area contributed by atoms with E-state index in [-0.39, 0.29) is 11.7 Å². The number of halogens is 1. The first-order valence-corrected chi connectivity index (χ1v) is 2.72. The molecule has 0 bridgehead atoms. The largest absolute Gasteiger partial charge is 0.316 e. The van der Waals surface area contributed by atoms with E-state index in [4.69, 9.17) is 17.3 Å². The van der Waals surface area contributed by atoms with Crippen LogP contribution < -0.4 is 11.1 Å². The second-order valence-corrected chi connectivity index (χ2v) is 2.23. The molecule has 0 rings (SSSR count). The first kappa shape index (κ1) is 7.21. The maximum absolute atomic E-state index is 5.48. The van der Waals surface area contributed by atoms with Crippen molar-refractivity contribution < 1.29 is 0 Å². The van der Waals surface area contributed by atoms with Gasteiger partial charge >= 0.3 is 0 Å². The van der Waals surface area contributed by atoms with E-state index in [1.807, 2.05) is 13.8 Å². The van der Waals surface area contributed by atoms with Crippen molar-refractivity contribution in [2.75, 3.05) is 0 Å². The molecule has 0 aromatic carbocycles. The van der Waals surface area contributed by atoms with Crippen LogP contribution in [-0.4, -0.2) is 11.7 Å². The fourth-order valence-corrected chi connectivity index (χ4v) is 0.561. The molecule has 0 heterocycles. The van der Waals surface area contributed by atoms with Gasteiger partial charge in [0.15, 0.2) is 0 Å². The highest BCUT2D eigenvalue weighted by atomic mass is 35.5. The highest BCUT2D eigenvalue weighted by Crippen LogP contribution is 1.85. The van der Waals surface area contributed by atoms with Crippen LogP contribution in [0.15, 0.2) is 0 Å². The number of rotatable bonds is 2. The van der Waals surface area contributed by atoms with Gasteiger partial charge in [0.05, 0.1) is 11.7 Å². The van der Waals surface area contributed by atoms with Crippen molar-refractivity contribution in [1.82, 2.24) is 5.32 Å². The molecule has 0 radical (unpaired) electrons. The Kier molecular flexibility index (Phi) is 3.34. The van der Waals surface area contributed by atoms with Gasteiger partial charge in [-0.25, -0.2) is 0 Å². The van der Waals surface area contributed by atoms with Gasteiger partial charge in [0.1, 0.15) is 0 Å². The van der Waals surface area contributed by atoms with E-state index in [0.29, 0.717) is 0 Å². The lowest BCUT2D eigenvalue weighted by molar-refractivity contribution is 0.560. The van der Waals surface area contributed by atoms with Gasteiger partial charge in [-0.05, 0) is 13.8 Å². The standard InChI is InChI=1S/C4H11ClN2/c1-3(5)7-4(2)6/h3-4,7H,6H2,1-2H3. The molecule has 0 aromatic rings. The van der Waals surface area contributed by atoms with Crippen LogP contribution in [0.1, 0.15) is 13.8 Å². The smallest absolute Gasteiger partial charge is 0.0808 e. The van der Waals surface area contributed by atoms with Crippen molar-refractivity contribution in [1.29, 1.82) is 0 Å². The number of alkyl halides is 1. The first-order chi connectivity index (χ1) is 3.13.